The fraction of sp³-hybridized carbons (Fsp3) is 0.308. The minimum atomic E-state index is -0.0122. The second-order valence-electron chi connectivity index (χ2n) is 8.58. The number of para-hydroxylation sites is 1. The fourth-order valence-electron chi connectivity index (χ4n) is 4.26. The van der Waals surface area contributed by atoms with E-state index in [1.54, 1.807) is 29.8 Å². The van der Waals surface area contributed by atoms with Crippen LogP contribution in [0.25, 0.3) is 20.8 Å². The third-order valence-corrected chi connectivity index (χ3v) is 8.29. The first-order valence-electron chi connectivity index (χ1n) is 11.2. The number of ether oxygens (including phenoxy) is 1. The van der Waals surface area contributed by atoms with Crippen molar-refractivity contribution in [2.24, 2.45) is 0 Å². The molecule has 2 aromatic carbocycles. The van der Waals surface area contributed by atoms with Gasteiger partial charge < -0.3 is 10.1 Å². The number of nitrogens with zero attached hydrogens (tertiary/aromatic N) is 2. The number of nitrogens with one attached hydrogen (secondary N) is 1. The smallest absolute Gasteiger partial charge is 0.229 e. The number of thiophene rings is 1. The third kappa shape index (κ3) is 4.98. The number of anilines is 1. The molecular formula is C26H28ClN3O2S2. The Bertz CT molecular complexity index is 1260. The summed E-state index contributed by atoms with van der Waals surface area (Å²) in [4.78, 5) is 21.8. The highest BCUT2D eigenvalue weighted by atomic mass is 35.5. The molecule has 3 heterocycles. The molecule has 0 atom stereocenters. The number of methoxy groups -OCH3 is 1. The molecule has 0 fully saturated rings. The van der Waals surface area contributed by atoms with Gasteiger partial charge in [0.2, 0.25) is 5.91 Å². The number of hydrogen-bond acceptors (Lipinski definition) is 6. The normalized spacial score (nSPS) is 13.5. The summed E-state index contributed by atoms with van der Waals surface area (Å²) in [6.07, 6.45) is 1.30. The molecule has 8 heteroatoms. The SMILES string of the molecule is COc1ccc(CC(=O)Nc2sc3c(c2-c2nc4ccccc4s2)CCN(C(C)C)C3)cc1.Cl. The van der Waals surface area contributed by atoms with Crippen molar-refractivity contribution in [1.82, 2.24) is 9.88 Å². The summed E-state index contributed by atoms with van der Waals surface area (Å²) in [7, 11) is 1.64. The molecule has 0 spiro atoms. The van der Waals surface area contributed by atoms with Crippen LogP contribution in [0.2, 0.25) is 0 Å². The van der Waals surface area contributed by atoms with E-state index >= 15 is 0 Å². The molecule has 5 rings (SSSR count). The van der Waals surface area contributed by atoms with Crippen molar-refractivity contribution in [2.45, 2.75) is 39.3 Å². The summed E-state index contributed by atoms with van der Waals surface area (Å²) < 4.78 is 6.39. The molecule has 0 aliphatic carbocycles. The van der Waals surface area contributed by atoms with Gasteiger partial charge in [-0.2, -0.15) is 0 Å². The Morgan fingerprint density at radius 1 is 1.15 bits per heavy atom. The number of hydrogen-bond donors (Lipinski definition) is 1. The van der Waals surface area contributed by atoms with Crippen LogP contribution >= 0.6 is 35.1 Å². The van der Waals surface area contributed by atoms with Crippen LogP contribution in [0.5, 0.6) is 5.75 Å². The standard InChI is InChI=1S/C26H27N3O2S2.ClH/c1-16(2)29-13-12-19-22(15-29)33-26(24(19)25-27-20-6-4-5-7-21(20)32-25)28-23(30)14-17-8-10-18(31-3)11-9-17;/h4-11,16H,12-15H2,1-3H3,(H,28,30);1H. The van der Waals surface area contributed by atoms with Gasteiger partial charge in [0.05, 0.1) is 23.7 Å². The lowest BCUT2D eigenvalue weighted by molar-refractivity contribution is -0.115. The van der Waals surface area contributed by atoms with Gasteiger partial charge >= 0.3 is 0 Å². The van der Waals surface area contributed by atoms with E-state index < -0.39 is 0 Å². The maximum Gasteiger partial charge on any atom is 0.229 e. The molecule has 1 amide bonds. The van der Waals surface area contributed by atoms with Gasteiger partial charge in [0.15, 0.2) is 0 Å². The molecule has 0 unspecified atom stereocenters. The lowest BCUT2D eigenvalue weighted by atomic mass is 10.0. The molecule has 0 bridgehead atoms. The highest BCUT2D eigenvalue weighted by Gasteiger charge is 2.28. The predicted octanol–water partition coefficient (Wildman–Crippen LogP) is 6.40. The van der Waals surface area contributed by atoms with Gasteiger partial charge in [0.25, 0.3) is 0 Å². The van der Waals surface area contributed by atoms with Crippen molar-refractivity contribution in [3.63, 3.8) is 0 Å². The average Bonchev–Trinajstić information content (AvgIpc) is 3.39. The van der Waals surface area contributed by atoms with Crippen molar-refractivity contribution in [1.29, 1.82) is 0 Å². The fourth-order valence-corrected chi connectivity index (χ4v) is 6.66. The van der Waals surface area contributed by atoms with Crippen LogP contribution in [0.15, 0.2) is 48.5 Å². The number of halogens is 1. The topological polar surface area (TPSA) is 54.5 Å². The highest BCUT2D eigenvalue weighted by molar-refractivity contribution is 7.22. The number of rotatable bonds is 6. The van der Waals surface area contributed by atoms with E-state index in [0.717, 1.165) is 51.9 Å². The molecule has 0 radical (unpaired) electrons. The zero-order valence-corrected chi connectivity index (χ0v) is 21.9. The summed E-state index contributed by atoms with van der Waals surface area (Å²) in [5.74, 6) is 0.778. The highest BCUT2D eigenvalue weighted by Crippen LogP contribution is 2.45. The van der Waals surface area contributed by atoms with Crippen molar-refractivity contribution in [2.75, 3.05) is 19.0 Å². The first-order valence-corrected chi connectivity index (χ1v) is 12.8. The Morgan fingerprint density at radius 2 is 1.91 bits per heavy atom. The van der Waals surface area contributed by atoms with Crippen LogP contribution in [0.4, 0.5) is 5.00 Å². The zero-order chi connectivity index (χ0) is 22.9. The van der Waals surface area contributed by atoms with Crippen LogP contribution < -0.4 is 10.1 Å². The van der Waals surface area contributed by atoms with Gasteiger partial charge in [0.1, 0.15) is 15.8 Å². The summed E-state index contributed by atoms with van der Waals surface area (Å²) >= 11 is 3.41. The Morgan fingerprint density at radius 3 is 2.62 bits per heavy atom. The monoisotopic (exact) mass is 513 g/mol. The number of aromatic nitrogens is 1. The minimum absolute atomic E-state index is 0. The number of carbonyl (C=O) groups excluding carboxylic acids is 1. The van der Waals surface area contributed by atoms with E-state index in [9.17, 15) is 4.79 Å². The van der Waals surface area contributed by atoms with Gasteiger partial charge in [-0.15, -0.1) is 35.1 Å². The number of carbonyl (C=O) groups is 1. The predicted molar refractivity (Wildman–Crippen MR) is 145 cm³/mol. The minimum Gasteiger partial charge on any atom is -0.497 e. The average molecular weight is 514 g/mol. The molecule has 2 aromatic heterocycles. The van der Waals surface area contributed by atoms with Gasteiger partial charge in [-0.25, -0.2) is 4.98 Å². The van der Waals surface area contributed by atoms with Crippen molar-refractivity contribution >= 4 is 56.2 Å². The maximum absolute atomic E-state index is 13.0. The molecule has 178 valence electrons. The van der Waals surface area contributed by atoms with Crippen LogP contribution in [-0.4, -0.2) is 35.5 Å². The van der Waals surface area contributed by atoms with Crippen LogP contribution in [0.3, 0.4) is 0 Å². The van der Waals surface area contributed by atoms with E-state index in [4.69, 9.17) is 9.72 Å². The maximum atomic E-state index is 13.0. The summed E-state index contributed by atoms with van der Waals surface area (Å²) in [5.41, 5.74) is 4.42. The van der Waals surface area contributed by atoms with Crippen molar-refractivity contribution < 1.29 is 9.53 Å². The summed E-state index contributed by atoms with van der Waals surface area (Å²) in [6, 6.07) is 16.4. The Kier molecular flexibility index (Phi) is 7.57. The zero-order valence-electron chi connectivity index (χ0n) is 19.5. The molecule has 0 saturated carbocycles. The van der Waals surface area contributed by atoms with E-state index in [-0.39, 0.29) is 18.3 Å². The quantitative estimate of drug-likeness (QED) is 0.324. The Labute approximate surface area is 214 Å². The third-order valence-electron chi connectivity index (χ3n) is 6.10. The van der Waals surface area contributed by atoms with Crippen molar-refractivity contribution in [3.8, 4) is 16.3 Å². The second-order valence-corrected chi connectivity index (χ2v) is 10.7. The van der Waals surface area contributed by atoms with Crippen LogP contribution in [-0.2, 0) is 24.2 Å². The molecule has 1 aliphatic heterocycles. The molecule has 34 heavy (non-hydrogen) atoms. The largest absolute Gasteiger partial charge is 0.497 e. The number of benzene rings is 2. The van der Waals surface area contributed by atoms with Crippen LogP contribution in [0.1, 0.15) is 29.9 Å². The first-order chi connectivity index (χ1) is 16.0. The Balaban J connectivity index is 0.00000274. The number of fused-ring (bicyclic) bond motifs is 2. The van der Waals surface area contributed by atoms with E-state index in [1.165, 1.54) is 15.1 Å². The number of amides is 1. The van der Waals surface area contributed by atoms with E-state index in [0.29, 0.717) is 12.5 Å². The molecular weight excluding hydrogens is 486 g/mol. The van der Waals surface area contributed by atoms with Gasteiger partial charge in [-0.3, -0.25) is 9.69 Å². The van der Waals surface area contributed by atoms with Crippen molar-refractivity contribution in [3.05, 3.63) is 64.5 Å². The van der Waals surface area contributed by atoms with Gasteiger partial charge in [-0.1, -0.05) is 24.3 Å². The van der Waals surface area contributed by atoms with E-state index in [1.807, 2.05) is 36.4 Å². The molecule has 0 saturated heterocycles. The molecule has 4 aromatic rings. The summed E-state index contributed by atoms with van der Waals surface area (Å²) in [6.45, 7) is 6.43. The van der Waals surface area contributed by atoms with Gasteiger partial charge in [-0.05, 0) is 55.7 Å². The second kappa shape index (κ2) is 10.4. The summed E-state index contributed by atoms with van der Waals surface area (Å²) in [5, 5.41) is 5.14. The molecule has 5 nitrogen and oxygen atoms in total. The molecule has 1 N–H and O–H groups in total. The Hall–Kier alpha value is -2.45. The van der Waals surface area contributed by atoms with Crippen LogP contribution in [0, 0.1) is 0 Å². The molecule has 1 aliphatic rings. The first kappa shape index (κ1) is 24.7. The van der Waals surface area contributed by atoms with E-state index in [2.05, 4.69) is 36.2 Å². The lowest BCUT2D eigenvalue weighted by Crippen LogP contribution is -2.35. The lowest BCUT2D eigenvalue weighted by Gasteiger charge is -2.30. The number of thiazole rings is 1. The van der Waals surface area contributed by atoms with Gasteiger partial charge in [0, 0.05) is 29.6 Å².